The summed E-state index contributed by atoms with van der Waals surface area (Å²) >= 11 is 1.44. The second-order valence-electron chi connectivity index (χ2n) is 7.21. The van der Waals surface area contributed by atoms with Crippen molar-refractivity contribution in [2.24, 2.45) is 0 Å². The van der Waals surface area contributed by atoms with Gasteiger partial charge in [-0.2, -0.15) is 0 Å². The Morgan fingerprint density at radius 2 is 1.82 bits per heavy atom. The highest BCUT2D eigenvalue weighted by atomic mass is 32.2. The van der Waals surface area contributed by atoms with Gasteiger partial charge in [0, 0.05) is 23.2 Å². The van der Waals surface area contributed by atoms with Crippen LogP contribution in [-0.2, 0) is 11.2 Å². The smallest absolute Gasteiger partial charge is 0.252 e. The van der Waals surface area contributed by atoms with E-state index in [4.69, 9.17) is 0 Å². The molecule has 1 saturated heterocycles. The first-order chi connectivity index (χ1) is 13.7. The van der Waals surface area contributed by atoms with Gasteiger partial charge < -0.3 is 15.5 Å². The van der Waals surface area contributed by atoms with Crippen molar-refractivity contribution in [1.29, 1.82) is 0 Å². The van der Waals surface area contributed by atoms with Crippen molar-refractivity contribution in [3.8, 4) is 0 Å². The monoisotopic (exact) mass is 395 g/mol. The number of amides is 2. The summed E-state index contributed by atoms with van der Waals surface area (Å²) < 4.78 is 0. The molecule has 2 aliphatic heterocycles. The number of para-hydroxylation sites is 1. The third kappa shape index (κ3) is 4.23. The van der Waals surface area contributed by atoms with E-state index in [-0.39, 0.29) is 17.9 Å². The van der Waals surface area contributed by atoms with Crippen LogP contribution >= 0.6 is 11.8 Å². The number of anilines is 1. The topological polar surface area (TPSA) is 61.4 Å². The first-order valence-corrected chi connectivity index (χ1v) is 10.8. The van der Waals surface area contributed by atoms with Gasteiger partial charge in [0.25, 0.3) is 5.91 Å². The van der Waals surface area contributed by atoms with Gasteiger partial charge in [0.2, 0.25) is 5.91 Å². The number of carbonyl (C=O) groups excluding carboxylic acids is 2. The highest BCUT2D eigenvalue weighted by Crippen LogP contribution is 2.29. The first kappa shape index (κ1) is 19.0. The number of hydrogen-bond donors (Lipinski definition) is 2. The molecule has 4 rings (SSSR count). The molecule has 0 aliphatic carbocycles. The summed E-state index contributed by atoms with van der Waals surface area (Å²) in [4.78, 5) is 28.3. The zero-order valence-corrected chi connectivity index (χ0v) is 16.6. The second-order valence-corrected chi connectivity index (χ2v) is 8.22. The molecule has 0 aromatic heterocycles. The van der Waals surface area contributed by atoms with Crippen molar-refractivity contribution in [2.75, 3.05) is 30.3 Å². The lowest BCUT2D eigenvalue weighted by Gasteiger charge is -2.24. The number of hydrogen-bond acceptors (Lipinski definition) is 4. The summed E-state index contributed by atoms with van der Waals surface area (Å²) in [7, 11) is 0. The number of piperidine rings is 1. The van der Waals surface area contributed by atoms with Crippen molar-refractivity contribution in [3.05, 3.63) is 59.7 Å². The molecule has 2 aromatic rings. The van der Waals surface area contributed by atoms with Gasteiger partial charge in [-0.05, 0) is 56.1 Å². The Morgan fingerprint density at radius 1 is 1.07 bits per heavy atom. The van der Waals surface area contributed by atoms with Crippen LogP contribution in [0.2, 0.25) is 0 Å². The lowest BCUT2D eigenvalue weighted by molar-refractivity contribution is -0.116. The SMILES string of the molecule is O=C(NC1CCNCC1)c1ccccc1SCC(=O)N1CCc2ccccc21. The number of nitrogens with one attached hydrogen (secondary N) is 2. The van der Waals surface area contributed by atoms with E-state index in [1.54, 1.807) is 0 Å². The van der Waals surface area contributed by atoms with Crippen LogP contribution in [0, 0.1) is 0 Å². The van der Waals surface area contributed by atoms with Gasteiger partial charge in [-0.25, -0.2) is 0 Å². The summed E-state index contributed by atoms with van der Waals surface area (Å²) in [5, 5.41) is 6.45. The van der Waals surface area contributed by atoms with Gasteiger partial charge in [-0.1, -0.05) is 30.3 Å². The third-order valence-corrected chi connectivity index (χ3v) is 6.40. The maximum atomic E-state index is 12.8. The minimum Gasteiger partial charge on any atom is -0.349 e. The number of rotatable bonds is 5. The van der Waals surface area contributed by atoms with E-state index in [1.165, 1.54) is 17.3 Å². The summed E-state index contributed by atoms with van der Waals surface area (Å²) in [6, 6.07) is 15.8. The van der Waals surface area contributed by atoms with Crippen LogP contribution in [0.15, 0.2) is 53.4 Å². The summed E-state index contributed by atoms with van der Waals surface area (Å²) in [5.74, 6) is 0.365. The normalized spacial score (nSPS) is 16.6. The Balaban J connectivity index is 1.40. The zero-order valence-electron chi connectivity index (χ0n) is 15.8. The van der Waals surface area contributed by atoms with Crippen LogP contribution in [0.4, 0.5) is 5.69 Å². The predicted octanol–water partition coefficient (Wildman–Crippen LogP) is 2.85. The average Bonchev–Trinajstić information content (AvgIpc) is 3.17. The van der Waals surface area contributed by atoms with E-state index in [0.717, 1.165) is 49.5 Å². The van der Waals surface area contributed by atoms with Crippen molar-refractivity contribution < 1.29 is 9.59 Å². The summed E-state index contributed by atoms with van der Waals surface area (Å²) in [6.07, 6.45) is 2.81. The van der Waals surface area contributed by atoms with E-state index in [1.807, 2.05) is 47.4 Å². The number of benzene rings is 2. The standard InChI is InChI=1S/C22H25N3O2S/c26-21(25-14-11-16-5-1-3-7-19(16)25)15-28-20-8-4-2-6-18(20)22(27)24-17-9-12-23-13-10-17/h1-8,17,23H,9-15H2,(H,24,27). The van der Waals surface area contributed by atoms with Crippen LogP contribution in [-0.4, -0.2) is 43.2 Å². The van der Waals surface area contributed by atoms with Gasteiger partial charge in [0.15, 0.2) is 0 Å². The molecule has 2 amide bonds. The molecule has 5 nitrogen and oxygen atoms in total. The molecule has 2 aromatic carbocycles. The molecular weight excluding hydrogens is 370 g/mol. The van der Waals surface area contributed by atoms with E-state index in [2.05, 4.69) is 16.7 Å². The van der Waals surface area contributed by atoms with Crippen molar-refractivity contribution in [2.45, 2.75) is 30.2 Å². The molecule has 1 fully saturated rings. The highest BCUT2D eigenvalue weighted by Gasteiger charge is 2.25. The molecule has 28 heavy (non-hydrogen) atoms. The number of carbonyl (C=O) groups is 2. The fourth-order valence-corrected chi connectivity index (χ4v) is 4.75. The van der Waals surface area contributed by atoms with E-state index in [9.17, 15) is 9.59 Å². The fourth-order valence-electron chi connectivity index (χ4n) is 3.82. The van der Waals surface area contributed by atoms with Crippen molar-refractivity contribution >= 4 is 29.3 Å². The molecule has 2 N–H and O–H groups in total. The van der Waals surface area contributed by atoms with Crippen LogP contribution in [0.5, 0.6) is 0 Å². The minimum absolute atomic E-state index is 0.0473. The van der Waals surface area contributed by atoms with Gasteiger partial charge in [-0.15, -0.1) is 11.8 Å². The Hall–Kier alpha value is -2.31. The minimum atomic E-state index is -0.0473. The molecule has 0 radical (unpaired) electrons. The summed E-state index contributed by atoms with van der Waals surface area (Å²) in [5.41, 5.74) is 2.90. The van der Waals surface area contributed by atoms with E-state index < -0.39 is 0 Å². The maximum Gasteiger partial charge on any atom is 0.252 e. The molecule has 0 unspecified atom stereocenters. The zero-order chi connectivity index (χ0) is 19.3. The van der Waals surface area contributed by atoms with Crippen LogP contribution in [0.1, 0.15) is 28.8 Å². The van der Waals surface area contributed by atoms with Gasteiger partial charge in [0.1, 0.15) is 0 Å². The number of thioether (sulfide) groups is 1. The predicted molar refractivity (Wildman–Crippen MR) is 113 cm³/mol. The van der Waals surface area contributed by atoms with Crippen LogP contribution < -0.4 is 15.5 Å². The van der Waals surface area contributed by atoms with Gasteiger partial charge in [-0.3, -0.25) is 9.59 Å². The van der Waals surface area contributed by atoms with Crippen LogP contribution in [0.3, 0.4) is 0 Å². The van der Waals surface area contributed by atoms with Crippen molar-refractivity contribution in [3.63, 3.8) is 0 Å². The molecule has 146 valence electrons. The molecule has 0 bridgehead atoms. The fraction of sp³-hybridized carbons (Fsp3) is 0.364. The largest absolute Gasteiger partial charge is 0.349 e. The molecule has 6 heteroatoms. The number of fused-ring (bicyclic) bond motifs is 1. The van der Waals surface area contributed by atoms with Crippen molar-refractivity contribution in [1.82, 2.24) is 10.6 Å². The van der Waals surface area contributed by atoms with Gasteiger partial charge >= 0.3 is 0 Å². The Labute approximate surface area is 169 Å². The molecule has 0 saturated carbocycles. The Morgan fingerprint density at radius 3 is 2.68 bits per heavy atom. The molecule has 0 spiro atoms. The van der Waals surface area contributed by atoms with E-state index in [0.29, 0.717) is 11.3 Å². The third-order valence-electron chi connectivity index (χ3n) is 5.35. The average molecular weight is 396 g/mol. The quantitative estimate of drug-likeness (QED) is 0.765. The number of nitrogens with zero attached hydrogens (tertiary/aromatic N) is 1. The Kier molecular flexibility index (Phi) is 5.98. The first-order valence-electron chi connectivity index (χ1n) is 9.84. The maximum absolute atomic E-state index is 12.8. The van der Waals surface area contributed by atoms with E-state index >= 15 is 0 Å². The highest BCUT2D eigenvalue weighted by molar-refractivity contribution is 8.00. The summed E-state index contributed by atoms with van der Waals surface area (Å²) in [6.45, 7) is 2.61. The molecule has 0 atom stereocenters. The lowest BCUT2D eigenvalue weighted by atomic mass is 10.1. The molecule has 2 aliphatic rings. The Bertz CT molecular complexity index is 864. The van der Waals surface area contributed by atoms with Gasteiger partial charge in [0.05, 0.1) is 11.3 Å². The molecule has 2 heterocycles. The van der Waals surface area contributed by atoms with Crippen LogP contribution in [0.25, 0.3) is 0 Å². The molecular formula is C22H25N3O2S. The lowest BCUT2D eigenvalue weighted by Crippen LogP contribution is -2.42. The second kappa shape index (κ2) is 8.80.